The Bertz CT molecular complexity index is 493. The number of aliphatic hydroxyl groups is 1. The van der Waals surface area contributed by atoms with E-state index in [0.29, 0.717) is 18.7 Å². The molecule has 0 fully saturated rings. The third kappa shape index (κ3) is 4.97. The summed E-state index contributed by atoms with van der Waals surface area (Å²) in [5.74, 6) is 4.85. The van der Waals surface area contributed by atoms with Gasteiger partial charge in [0.2, 0.25) is 0 Å². The first-order valence-corrected chi connectivity index (χ1v) is 6.07. The Kier molecular flexibility index (Phi) is 7.29. The van der Waals surface area contributed by atoms with Crippen LogP contribution in [0.2, 0.25) is 0 Å². The van der Waals surface area contributed by atoms with Crippen LogP contribution in [0.25, 0.3) is 0 Å². The maximum Gasteiger partial charge on any atom is 0.271 e. The van der Waals surface area contributed by atoms with Crippen LogP contribution in [0.4, 0.5) is 0 Å². The predicted octanol–water partition coefficient (Wildman–Crippen LogP) is -0.183. The van der Waals surface area contributed by atoms with Crippen molar-refractivity contribution in [2.75, 3.05) is 34.0 Å². The van der Waals surface area contributed by atoms with E-state index in [0.717, 1.165) is 0 Å². The lowest BCUT2D eigenvalue weighted by Gasteiger charge is -2.15. The van der Waals surface area contributed by atoms with E-state index in [1.807, 2.05) is 0 Å². The maximum absolute atomic E-state index is 12.1. The van der Waals surface area contributed by atoms with Gasteiger partial charge in [-0.05, 0) is 12.1 Å². The highest BCUT2D eigenvalue weighted by Gasteiger charge is 2.14. The highest BCUT2D eigenvalue weighted by atomic mass is 16.5. The molecule has 108 valence electrons. The molecule has 1 aromatic heterocycles. The minimum Gasteiger partial charge on any atom is -0.384 e. The minimum atomic E-state index is -0.342. The number of hydrogen-bond acceptors (Lipinski definition) is 5. The van der Waals surface area contributed by atoms with Crippen molar-refractivity contribution in [3.05, 3.63) is 29.6 Å². The van der Waals surface area contributed by atoms with Crippen molar-refractivity contribution < 1.29 is 19.4 Å². The number of methoxy groups -OCH3 is 2. The molecular formula is C14H18N2O4. The molecule has 1 unspecified atom stereocenters. The van der Waals surface area contributed by atoms with Gasteiger partial charge in [0.15, 0.2) is 0 Å². The van der Waals surface area contributed by atoms with Crippen molar-refractivity contribution in [1.29, 1.82) is 0 Å². The Hall–Kier alpha value is -1.94. The largest absolute Gasteiger partial charge is 0.384 e. The molecule has 6 nitrogen and oxygen atoms in total. The van der Waals surface area contributed by atoms with Gasteiger partial charge in [0, 0.05) is 27.0 Å². The van der Waals surface area contributed by atoms with Crippen LogP contribution in [0.5, 0.6) is 0 Å². The second kappa shape index (κ2) is 9.04. The highest BCUT2D eigenvalue weighted by molar-refractivity contribution is 5.94. The lowest BCUT2D eigenvalue weighted by Crippen LogP contribution is -2.36. The van der Waals surface area contributed by atoms with Crippen LogP contribution in [0.15, 0.2) is 18.3 Å². The molecule has 1 aromatic rings. The molecule has 1 atom stereocenters. The zero-order chi connectivity index (χ0) is 14.8. The van der Waals surface area contributed by atoms with Gasteiger partial charge in [0.05, 0.1) is 18.3 Å². The van der Waals surface area contributed by atoms with Gasteiger partial charge in [0.1, 0.15) is 12.3 Å². The number of carbonyl (C=O) groups excluding carboxylic acids is 1. The second-order valence-corrected chi connectivity index (χ2v) is 3.88. The van der Waals surface area contributed by atoms with Gasteiger partial charge >= 0.3 is 0 Å². The molecule has 0 bridgehead atoms. The molecular weight excluding hydrogens is 260 g/mol. The van der Waals surface area contributed by atoms with E-state index >= 15 is 0 Å². The molecule has 0 aromatic carbocycles. The molecule has 20 heavy (non-hydrogen) atoms. The van der Waals surface area contributed by atoms with E-state index < -0.39 is 0 Å². The Morgan fingerprint density at radius 3 is 3.00 bits per heavy atom. The van der Waals surface area contributed by atoms with Crippen molar-refractivity contribution in [1.82, 2.24) is 10.3 Å². The van der Waals surface area contributed by atoms with Crippen LogP contribution < -0.4 is 5.32 Å². The number of ether oxygens (including phenoxy) is 2. The van der Waals surface area contributed by atoms with Crippen molar-refractivity contribution in [3.8, 4) is 11.8 Å². The number of aliphatic hydroxyl groups excluding tert-OH is 1. The average molecular weight is 278 g/mol. The maximum atomic E-state index is 12.1. The SMILES string of the molecule is COCC(CNC(=O)c1ncccc1C#CCO)OC. The minimum absolute atomic E-state index is 0.223. The summed E-state index contributed by atoms with van der Waals surface area (Å²) < 4.78 is 10.1. The first-order chi connectivity index (χ1) is 9.72. The van der Waals surface area contributed by atoms with Crippen molar-refractivity contribution >= 4 is 5.91 Å². The van der Waals surface area contributed by atoms with Crippen molar-refractivity contribution in [3.63, 3.8) is 0 Å². The molecule has 1 amide bonds. The molecule has 0 saturated carbocycles. The van der Waals surface area contributed by atoms with Crippen LogP contribution in [0.3, 0.4) is 0 Å². The number of nitrogens with zero attached hydrogens (tertiary/aromatic N) is 1. The summed E-state index contributed by atoms with van der Waals surface area (Å²) >= 11 is 0. The molecule has 0 spiro atoms. The van der Waals surface area contributed by atoms with Crippen molar-refractivity contribution in [2.45, 2.75) is 6.10 Å². The Morgan fingerprint density at radius 2 is 2.35 bits per heavy atom. The fourth-order valence-corrected chi connectivity index (χ4v) is 1.51. The predicted molar refractivity (Wildman–Crippen MR) is 73.2 cm³/mol. The Morgan fingerprint density at radius 1 is 1.55 bits per heavy atom. The highest BCUT2D eigenvalue weighted by Crippen LogP contribution is 2.03. The van der Waals surface area contributed by atoms with Gasteiger partial charge < -0.3 is 19.9 Å². The van der Waals surface area contributed by atoms with Crippen LogP contribution in [-0.4, -0.2) is 56.1 Å². The molecule has 6 heteroatoms. The quantitative estimate of drug-likeness (QED) is 0.705. The molecule has 1 heterocycles. The van der Waals surface area contributed by atoms with E-state index in [2.05, 4.69) is 22.1 Å². The van der Waals surface area contributed by atoms with Crippen LogP contribution in [-0.2, 0) is 9.47 Å². The summed E-state index contributed by atoms with van der Waals surface area (Å²) in [4.78, 5) is 16.1. The van der Waals surface area contributed by atoms with Crippen LogP contribution in [0, 0.1) is 11.8 Å². The van der Waals surface area contributed by atoms with Crippen molar-refractivity contribution in [2.24, 2.45) is 0 Å². The van der Waals surface area contributed by atoms with E-state index in [1.54, 1.807) is 26.4 Å². The molecule has 0 aliphatic rings. The van der Waals surface area contributed by atoms with E-state index in [9.17, 15) is 4.79 Å². The molecule has 2 N–H and O–H groups in total. The number of pyridine rings is 1. The third-order valence-electron chi connectivity index (χ3n) is 2.50. The summed E-state index contributed by atoms with van der Waals surface area (Å²) in [6, 6.07) is 3.36. The summed E-state index contributed by atoms with van der Waals surface area (Å²) in [5.41, 5.74) is 0.695. The topological polar surface area (TPSA) is 80.7 Å². The summed E-state index contributed by atoms with van der Waals surface area (Å²) in [6.45, 7) is 0.429. The lowest BCUT2D eigenvalue weighted by molar-refractivity contribution is 0.0285. The fraction of sp³-hybridized carbons (Fsp3) is 0.429. The lowest BCUT2D eigenvalue weighted by atomic mass is 10.2. The number of amides is 1. The monoisotopic (exact) mass is 278 g/mol. The molecule has 0 radical (unpaired) electrons. The van der Waals surface area contributed by atoms with Gasteiger partial charge in [-0.1, -0.05) is 11.8 Å². The standard InChI is InChI=1S/C14H18N2O4/c1-19-10-12(20-2)9-16-14(18)13-11(6-4-8-17)5-3-7-15-13/h3,5,7,12,17H,8-10H2,1-2H3,(H,16,18). The third-order valence-corrected chi connectivity index (χ3v) is 2.50. The second-order valence-electron chi connectivity index (χ2n) is 3.88. The zero-order valence-electron chi connectivity index (χ0n) is 11.5. The molecule has 0 saturated heterocycles. The summed E-state index contributed by atoms with van der Waals surface area (Å²) in [7, 11) is 3.12. The zero-order valence-corrected chi connectivity index (χ0v) is 11.5. The van der Waals surface area contributed by atoms with E-state index in [4.69, 9.17) is 14.6 Å². The normalized spacial score (nSPS) is 11.3. The van der Waals surface area contributed by atoms with Gasteiger partial charge in [-0.15, -0.1) is 0 Å². The number of hydrogen-bond donors (Lipinski definition) is 2. The first kappa shape index (κ1) is 16.1. The van der Waals surface area contributed by atoms with Gasteiger partial charge in [-0.25, -0.2) is 4.98 Å². The summed E-state index contributed by atoms with van der Waals surface area (Å²) in [5, 5.41) is 11.4. The number of rotatable bonds is 6. The van der Waals surface area contributed by atoms with Gasteiger partial charge in [0.25, 0.3) is 5.91 Å². The van der Waals surface area contributed by atoms with Crippen LogP contribution in [0.1, 0.15) is 16.1 Å². The van der Waals surface area contributed by atoms with E-state index in [-0.39, 0.29) is 24.3 Å². The summed E-state index contributed by atoms with van der Waals surface area (Å²) in [6.07, 6.45) is 1.29. The molecule has 1 rings (SSSR count). The Labute approximate surface area is 118 Å². The number of aromatic nitrogens is 1. The van der Waals surface area contributed by atoms with Gasteiger partial charge in [-0.2, -0.15) is 0 Å². The van der Waals surface area contributed by atoms with Crippen LogP contribution >= 0.6 is 0 Å². The molecule has 0 aliphatic heterocycles. The number of nitrogens with one attached hydrogen (secondary N) is 1. The van der Waals surface area contributed by atoms with Gasteiger partial charge in [-0.3, -0.25) is 4.79 Å². The first-order valence-electron chi connectivity index (χ1n) is 6.07. The Balaban J connectivity index is 2.72. The smallest absolute Gasteiger partial charge is 0.271 e. The van der Waals surface area contributed by atoms with E-state index in [1.165, 1.54) is 6.20 Å². The fourth-order valence-electron chi connectivity index (χ4n) is 1.51. The molecule has 0 aliphatic carbocycles. The average Bonchev–Trinajstić information content (AvgIpc) is 2.49. The number of carbonyl (C=O) groups is 1.